The zero-order chi connectivity index (χ0) is 24.1. The molecule has 1 aliphatic rings. The number of benzene rings is 3. The van der Waals surface area contributed by atoms with Crippen molar-refractivity contribution in [2.75, 3.05) is 50.6 Å². The van der Waals surface area contributed by atoms with Crippen molar-refractivity contribution < 1.29 is 19.1 Å². The second-order valence-corrected chi connectivity index (χ2v) is 8.22. The molecule has 176 valence electrons. The minimum absolute atomic E-state index is 0.0767. The summed E-state index contributed by atoms with van der Waals surface area (Å²) in [7, 11) is 3.09. The Hall–Kier alpha value is -4.00. The van der Waals surface area contributed by atoms with Gasteiger partial charge in [0.15, 0.2) is 11.5 Å². The summed E-state index contributed by atoms with van der Waals surface area (Å²) in [6.45, 7) is 4.87. The van der Waals surface area contributed by atoms with Crippen molar-refractivity contribution in [1.29, 1.82) is 0 Å². The lowest BCUT2D eigenvalue weighted by atomic mass is 10.1. The van der Waals surface area contributed by atoms with E-state index in [0.717, 1.165) is 29.9 Å². The van der Waals surface area contributed by atoms with E-state index in [-0.39, 0.29) is 11.8 Å². The molecule has 1 saturated heterocycles. The molecule has 2 amide bonds. The van der Waals surface area contributed by atoms with Crippen molar-refractivity contribution in [1.82, 2.24) is 4.90 Å². The second kappa shape index (κ2) is 10.3. The maximum Gasteiger partial charge on any atom is 0.255 e. The molecular weight excluding hydrogens is 430 g/mol. The van der Waals surface area contributed by atoms with Crippen LogP contribution in [0.15, 0.2) is 66.7 Å². The number of ether oxygens (including phenoxy) is 2. The Kier molecular flexibility index (Phi) is 7.01. The standard InChI is InChI=1S/C27H29N3O4/c1-19-4-6-20(7-5-19)27(32)30-16-14-29(15-17-30)23-11-9-22(10-12-23)28-26(31)21-8-13-24(33-2)25(18-21)34-3/h4-13,18H,14-17H2,1-3H3,(H,28,31). The van der Waals surface area contributed by atoms with E-state index in [1.54, 1.807) is 25.3 Å². The predicted octanol–water partition coefficient (Wildman–Crippen LogP) is 4.23. The van der Waals surface area contributed by atoms with E-state index in [1.807, 2.05) is 60.4 Å². The highest BCUT2D eigenvalue weighted by molar-refractivity contribution is 6.04. The van der Waals surface area contributed by atoms with Crippen LogP contribution in [0.5, 0.6) is 11.5 Å². The average Bonchev–Trinajstić information content (AvgIpc) is 2.88. The molecule has 0 spiro atoms. The number of carbonyl (C=O) groups excluding carboxylic acids is 2. The lowest BCUT2D eigenvalue weighted by Crippen LogP contribution is -2.48. The first-order valence-corrected chi connectivity index (χ1v) is 11.2. The van der Waals surface area contributed by atoms with Gasteiger partial charge >= 0.3 is 0 Å². The number of nitrogens with one attached hydrogen (secondary N) is 1. The van der Waals surface area contributed by atoms with Crippen LogP contribution in [0.2, 0.25) is 0 Å². The molecule has 4 rings (SSSR count). The summed E-state index contributed by atoms with van der Waals surface area (Å²) in [6.07, 6.45) is 0. The van der Waals surface area contributed by atoms with Crippen molar-refractivity contribution in [3.8, 4) is 11.5 Å². The molecule has 1 N–H and O–H groups in total. The fourth-order valence-corrected chi connectivity index (χ4v) is 3.98. The summed E-state index contributed by atoms with van der Waals surface area (Å²) < 4.78 is 10.5. The minimum atomic E-state index is -0.225. The topological polar surface area (TPSA) is 71.1 Å². The van der Waals surface area contributed by atoms with Gasteiger partial charge in [0.1, 0.15) is 0 Å². The van der Waals surface area contributed by atoms with Crippen LogP contribution in [-0.2, 0) is 0 Å². The average molecular weight is 460 g/mol. The molecule has 0 aromatic heterocycles. The summed E-state index contributed by atoms with van der Waals surface area (Å²) in [5.41, 5.74) is 4.12. The van der Waals surface area contributed by atoms with Gasteiger partial charge in [0, 0.05) is 48.7 Å². The largest absolute Gasteiger partial charge is 0.493 e. The van der Waals surface area contributed by atoms with Crippen LogP contribution in [-0.4, -0.2) is 57.1 Å². The molecule has 7 heteroatoms. The number of nitrogens with zero attached hydrogens (tertiary/aromatic N) is 2. The number of amides is 2. The molecular formula is C27H29N3O4. The van der Waals surface area contributed by atoms with Crippen LogP contribution in [0.3, 0.4) is 0 Å². The zero-order valence-electron chi connectivity index (χ0n) is 19.7. The molecule has 1 heterocycles. The molecule has 1 aliphatic heterocycles. The van der Waals surface area contributed by atoms with E-state index in [1.165, 1.54) is 7.11 Å². The molecule has 3 aromatic carbocycles. The number of rotatable bonds is 6. The molecule has 0 aliphatic carbocycles. The van der Waals surface area contributed by atoms with Gasteiger partial charge < -0.3 is 24.6 Å². The third-order valence-electron chi connectivity index (χ3n) is 6.00. The van der Waals surface area contributed by atoms with E-state index in [4.69, 9.17) is 9.47 Å². The van der Waals surface area contributed by atoms with Gasteiger partial charge in [-0.25, -0.2) is 0 Å². The van der Waals surface area contributed by atoms with Gasteiger partial charge in [-0.15, -0.1) is 0 Å². The van der Waals surface area contributed by atoms with Gasteiger partial charge in [0.05, 0.1) is 14.2 Å². The van der Waals surface area contributed by atoms with Gasteiger partial charge in [0.25, 0.3) is 11.8 Å². The quantitative estimate of drug-likeness (QED) is 0.598. The van der Waals surface area contributed by atoms with E-state index >= 15 is 0 Å². The number of carbonyl (C=O) groups is 2. The van der Waals surface area contributed by atoms with Crippen molar-refractivity contribution in [3.63, 3.8) is 0 Å². The monoisotopic (exact) mass is 459 g/mol. The molecule has 1 fully saturated rings. The maximum absolute atomic E-state index is 12.7. The number of anilines is 2. The molecule has 0 atom stereocenters. The third-order valence-corrected chi connectivity index (χ3v) is 6.00. The Morgan fingerprint density at radius 3 is 2.00 bits per heavy atom. The maximum atomic E-state index is 12.7. The highest BCUT2D eigenvalue weighted by Gasteiger charge is 2.22. The summed E-state index contributed by atoms with van der Waals surface area (Å²) in [5, 5.41) is 2.91. The van der Waals surface area contributed by atoms with Crippen molar-refractivity contribution in [3.05, 3.63) is 83.4 Å². The number of hydrogen-bond donors (Lipinski definition) is 1. The molecule has 3 aromatic rings. The first kappa shape index (κ1) is 23.2. The highest BCUT2D eigenvalue weighted by Crippen LogP contribution is 2.28. The van der Waals surface area contributed by atoms with Crippen LogP contribution < -0.4 is 19.7 Å². The van der Waals surface area contributed by atoms with E-state index in [0.29, 0.717) is 35.8 Å². The van der Waals surface area contributed by atoms with Gasteiger partial charge in [-0.05, 0) is 61.5 Å². The Morgan fingerprint density at radius 2 is 1.38 bits per heavy atom. The van der Waals surface area contributed by atoms with Crippen LogP contribution in [0.25, 0.3) is 0 Å². The molecule has 7 nitrogen and oxygen atoms in total. The number of piperazine rings is 1. The summed E-state index contributed by atoms with van der Waals surface area (Å²) in [6, 6.07) is 20.5. The third kappa shape index (κ3) is 5.14. The first-order valence-electron chi connectivity index (χ1n) is 11.2. The van der Waals surface area contributed by atoms with Gasteiger partial charge in [-0.1, -0.05) is 17.7 Å². The zero-order valence-corrected chi connectivity index (χ0v) is 19.7. The number of aryl methyl sites for hydroxylation is 1. The summed E-state index contributed by atoms with van der Waals surface area (Å²) >= 11 is 0. The SMILES string of the molecule is COc1ccc(C(=O)Nc2ccc(N3CCN(C(=O)c4ccc(C)cc4)CC3)cc2)cc1OC. The predicted molar refractivity (Wildman–Crippen MR) is 133 cm³/mol. The normalized spacial score (nSPS) is 13.4. The molecule has 0 saturated carbocycles. The van der Waals surface area contributed by atoms with Crippen molar-refractivity contribution in [2.24, 2.45) is 0 Å². The van der Waals surface area contributed by atoms with Gasteiger partial charge in [0.2, 0.25) is 0 Å². The van der Waals surface area contributed by atoms with Crippen LogP contribution in [0.4, 0.5) is 11.4 Å². The Labute approximate surface area is 199 Å². The molecule has 0 unspecified atom stereocenters. The number of methoxy groups -OCH3 is 2. The fourth-order valence-electron chi connectivity index (χ4n) is 3.98. The minimum Gasteiger partial charge on any atom is -0.493 e. The summed E-state index contributed by atoms with van der Waals surface area (Å²) in [5.74, 6) is 0.930. The number of hydrogen-bond acceptors (Lipinski definition) is 5. The van der Waals surface area contributed by atoms with Crippen LogP contribution in [0, 0.1) is 6.92 Å². The highest BCUT2D eigenvalue weighted by atomic mass is 16.5. The summed E-state index contributed by atoms with van der Waals surface area (Å²) in [4.78, 5) is 29.5. The molecule has 0 bridgehead atoms. The van der Waals surface area contributed by atoms with Crippen molar-refractivity contribution in [2.45, 2.75) is 6.92 Å². The Morgan fingerprint density at radius 1 is 0.765 bits per heavy atom. The van der Waals surface area contributed by atoms with E-state index in [2.05, 4.69) is 10.2 Å². The van der Waals surface area contributed by atoms with Crippen molar-refractivity contribution >= 4 is 23.2 Å². The van der Waals surface area contributed by atoms with E-state index in [9.17, 15) is 9.59 Å². The molecule has 0 radical (unpaired) electrons. The lowest BCUT2D eigenvalue weighted by molar-refractivity contribution is 0.0746. The first-order chi connectivity index (χ1) is 16.5. The van der Waals surface area contributed by atoms with Gasteiger partial charge in [-0.3, -0.25) is 9.59 Å². The Bertz CT molecular complexity index is 1150. The van der Waals surface area contributed by atoms with Crippen LogP contribution >= 0.6 is 0 Å². The van der Waals surface area contributed by atoms with Gasteiger partial charge in [-0.2, -0.15) is 0 Å². The smallest absolute Gasteiger partial charge is 0.255 e. The second-order valence-electron chi connectivity index (χ2n) is 8.22. The lowest BCUT2D eigenvalue weighted by Gasteiger charge is -2.36. The molecule has 34 heavy (non-hydrogen) atoms. The van der Waals surface area contributed by atoms with E-state index < -0.39 is 0 Å². The Balaban J connectivity index is 1.34. The fraction of sp³-hybridized carbons (Fsp3) is 0.259. The van der Waals surface area contributed by atoms with Crippen LogP contribution in [0.1, 0.15) is 26.3 Å².